The summed E-state index contributed by atoms with van der Waals surface area (Å²) in [6.45, 7) is -0.756. The number of ether oxygens (including phenoxy) is 1. The maximum Gasteiger partial charge on any atom is 0.490 e. The van der Waals surface area contributed by atoms with Crippen LogP contribution in [-0.4, -0.2) is 171 Å². The van der Waals surface area contributed by atoms with Crippen molar-refractivity contribution in [2.75, 3.05) is 12.3 Å². The standard InChI is InChI=1S/C9H16N3O13P3.4Na/c10-7-1-2-12(9(14)11-7)8-6(13)3-5(23-8)4-22-27(18,19)25-28(20,21)24-26(15,16)17;;;;/h1-2,5-6,8,13H,3-4H2,(H,18,19)(H,20,21)(H2,10,11,14)(H2,15,16,17);;;;/t5-,6+,8+;;;;/m0..../s1. The van der Waals surface area contributed by atoms with Gasteiger partial charge in [-0.05, 0) is 6.07 Å². The molecule has 1 fully saturated rings. The van der Waals surface area contributed by atoms with E-state index in [0.29, 0.717) is 0 Å². The van der Waals surface area contributed by atoms with Crippen LogP contribution in [0.4, 0.5) is 5.82 Å². The second-order valence-corrected chi connectivity index (χ2v) is 9.80. The van der Waals surface area contributed by atoms with Crippen molar-refractivity contribution in [1.29, 1.82) is 0 Å². The van der Waals surface area contributed by atoms with Crippen LogP contribution in [0.25, 0.3) is 0 Å². The fourth-order valence-electron chi connectivity index (χ4n) is 2.19. The molecule has 1 aliphatic rings. The predicted octanol–water partition coefficient (Wildman–Crippen LogP) is -2.71. The molecule has 2 heterocycles. The molecule has 0 amide bonds. The Morgan fingerprint density at radius 3 is 2.16 bits per heavy atom. The third-order valence-corrected chi connectivity index (χ3v) is 6.93. The molecule has 0 saturated carbocycles. The molecule has 1 aromatic rings. The Labute approximate surface area is 269 Å². The molecule has 0 spiro atoms. The number of phosphoric ester groups is 1. The van der Waals surface area contributed by atoms with E-state index >= 15 is 0 Å². The Morgan fingerprint density at radius 1 is 1.09 bits per heavy atom. The molecule has 1 aliphatic heterocycles. The molecular formula is C9H16N3Na4O13P3. The summed E-state index contributed by atoms with van der Waals surface area (Å²) in [4.78, 5) is 50.5. The second-order valence-electron chi connectivity index (χ2n) is 5.38. The molecule has 23 heteroatoms. The van der Waals surface area contributed by atoms with Gasteiger partial charge in [0.15, 0.2) is 6.23 Å². The van der Waals surface area contributed by atoms with Gasteiger partial charge in [-0.3, -0.25) is 9.09 Å². The SMILES string of the molecule is Nc1ccn([C@@H]2O[C@H](COP(=O)(O)OP(=O)(O)OP(=O)(O)O)C[C@H]2O)c(=O)n1.[Na].[Na].[Na].[Na]. The minimum atomic E-state index is -5.64. The molecule has 164 valence electrons. The average Bonchev–Trinajstić information content (AvgIpc) is 2.82. The minimum Gasteiger partial charge on any atom is -0.388 e. The van der Waals surface area contributed by atoms with Crippen molar-refractivity contribution in [3.8, 4) is 0 Å². The van der Waals surface area contributed by atoms with E-state index in [9.17, 15) is 28.5 Å². The zero-order valence-corrected chi connectivity index (χ0v) is 28.3. The van der Waals surface area contributed by atoms with Gasteiger partial charge in [0.05, 0.1) is 12.7 Å². The van der Waals surface area contributed by atoms with Gasteiger partial charge in [0.1, 0.15) is 11.9 Å². The minimum absolute atomic E-state index is 0. The monoisotopic (exact) mass is 559 g/mol. The smallest absolute Gasteiger partial charge is 0.388 e. The zero-order chi connectivity index (χ0) is 21.3. The molecular weight excluding hydrogens is 543 g/mol. The molecule has 2 unspecified atom stereocenters. The summed E-state index contributed by atoms with van der Waals surface area (Å²) in [6.07, 6.45) is -2.47. The molecule has 0 bridgehead atoms. The number of nitrogens with two attached hydrogens (primary N) is 1. The van der Waals surface area contributed by atoms with Crippen molar-refractivity contribution in [1.82, 2.24) is 9.55 Å². The molecule has 4 radical (unpaired) electrons. The molecule has 32 heavy (non-hydrogen) atoms. The summed E-state index contributed by atoms with van der Waals surface area (Å²) in [5.74, 6) is -0.0575. The first-order valence-electron chi connectivity index (χ1n) is 7.14. The maximum atomic E-state index is 11.8. The third-order valence-electron chi connectivity index (χ3n) is 3.13. The Kier molecular flexibility index (Phi) is 19.9. The second kappa shape index (κ2) is 16.1. The maximum absolute atomic E-state index is 11.8. The van der Waals surface area contributed by atoms with Gasteiger partial charge in [0, 0.05) is 131 Å². The third kappa shape index (κ3) is 13.5. The van der Waals surface area contributed by atoms with Gasteiger partial charge in [0.25, 0.3) is 0 Å². The summed E-state index contributed by atoms with van der Waals surface area (Å²) in [5, 5.41) is 10.00. The van der Waals surface area contributed by atoms with E-state index in [1.54, 1.807) is 0 Å². The van der Waals surface area contributed by atoms with E-state index in [1.807, 2.05) is 0 Å². The van der Waals surface area contributed by atoms with E-state index in [4.69, 9.17) is 25.2 Å². The fourth-order valence-corrected chi connectivity index (χ4v) is 5.24. The van der Waals surface area contributed by atoms with Gasteiger partial charge >= 0.3 is 29.2 Å². The van der Waals surface area contributed by atoms with E-state index in [-0.39, 0.29) is 130 Å². The van der Waals surface area contributed by atoms with Gasteiger partial charge in [-0.1, -0.05) is 0 Å². The van der Waals surface area contributed by atoms with Crippen LogP contribution in [0.1, 0.15) is 12.6 Å². The Bertz CT molecular complexity index is 931. The summed E-state index contributed by atoms with van der Waals surface area (Å²) in [7, 11) is -16.5. The number of rotatable bonds is 8. The Morgan fingerprint density at radius 2 is 1.66 bits per heavy atom. The first kappa shape index (κ1) is 39.5. The molecule has 1 aromatic heterocycles. The van der Waals surface area contributed by atoms with Crippen molar-refractivity contribution in [2.24, 2.45) is 0 Å². The first-order valence-corrected chi connectivity index (χ1v) is 11.7. The van der Waals surface area contributed by atoms with Crippen LogP contribution in [-0.2, 0) is 31.6 Å². The van der Waals surface area contributed by atoms with Crippen molar-refractivity contribution < 1.29 is 56.3 Å². The van der Waals surface area contributed by atoms with Gasteiger partial charge in [-0.2, -0.15) is 13.6 Å². The van der Waals surface area contributed by atoms with Gasteiger partial charge in [0.2, 0.25) is 0 Å². The number of phosphoric acid groups is 3. The number of hydrogen-bond acceptors (Lipinski definition) is 11. The van der Waals surface area contributed by atoms with Crippen molar-refractivity contribution >= 4 is 148 Å². The van der Waals surface area contributed by atoms with Gasteiger partial charge < -0.3 is 35.2 Å². The summed E-state index contributed by atoms with van der Waals surface area (Å²) < 4.78 is 51.2. The van der Waals surface area contributed by atoms with E-state index in [2.05, 4.69) is 18.1 Å². The largest absolute Gasteiger partial charge is 0.490 e. The fraction of sp³-hybridized carbons (Fsp3) is 0.556. The van der Waals surface area contributed by atoms with Crippen LogP contribution >= 0.6 is 23.5 Å². The molecule has 16 nitrogen and oxygen atoms in total. The van der Waals surface area contributed by atoms with Crippen molar-refractivity contribution in [2.45, 2.75) is 24.9 Å². The first-order chi connectivity index (χ1) is 12.7. The molecule has 0 aromatic carbocycles. The number of nitrogens with zero attached hydrogens (tertiary/aromatic N) is 2. The van der Waals surface area contributed by atoms with Crippen molar-refractivity contribution in [3.63, 3.8) is 0 Å². The number of aliphatic hydroxyl groups excluding tert-OH is 1. The van der Waals surface area contributed by atoms with Crippen LogP contribution < -0.4 is 11.4 Å². The number of hydrogen-bond donors (Lipinski definition) is 6. The molecule has 2 rings (SSSR count). The average molecular weight is 559 g/mol. The summed E-state index contributed by atoms with van der Waals surface area (Å²) >= 11 is 0. The van der Waals surface area contributed by atoms with Crippen LogP contribution in [0.2, 0.25) is 0 Å². The number of aromatic nitrogens is 2. The normalized spacial score (nSPS) is 23.8. The van der Waals surface area contributed by atoms with Crippen molar-refractivity contribution in [3.05, 3.63) is 22.7 Å². The summed E-state index contributed by atoms with van der Waals surface area (Å²) in [6, 6.07) is 1.27. The Balaban J connectivity index is -0.00000210. The molecule has 7 N–H and O–H groups in total. The Hall–Kier alpha value is 3.01. The quantitative estimate of drug-likeness (QED) is 0.140. The molecule has 1 saturated heterocycles. The van der Waals surface area contributed by atoms with E-state index in [0.717, 1.165) is 4.57 Å². The molecule has 5 atom stereocenters. The van der Waals surface area contributed by atoms with Crippen LogP contribution in [0.15, 0.2) is 17.1 Å². The number of nitrogen functional groups attached to an aromatic ring is 1. The van der Waals surface area contributed by atoms with E-state index < -0.39 is 54.2 Å². The van der Waals surface area contributed by atoms with E-state index in [1.165, 1.54) is 12.3 Å². The topological polar surface area (TPSA) is 250 Å². The van der Waals surface area contributed by atoms with Crippen LogP contribution in [0, 0.1) is 0 Å². The number of aliphatic hydroxyl groups is 1. The molecule has 0 aliphatic carbocycles. The van der Waals surface area contributed by atoms with Crippen LogP contribution in [0.5, 0.6) is 0 Å². The van der Waals surface area contributed by atoms with Gasteiger partial charge in [-0.25, -0.2) is 18.5 Å². The zero-order valence-electron chi connectivity index (χ0n) is 17.6. The van der Waals surface area contributed by atoms with Crippen LogP contribution in [0.3, 0.4) is 0 Å². The summed E-state index contributed by atoms with van der Waals surface area (Å²) in [5.41, 5.74) is 4.53. The predicted molar refractivity (Wildman–Crippen MR) is 110 cm³/mol. The van der Waals surface area contributed by atoms with Gasteiger partial charge in [-0.15, -0.1) is 0 Å². The number of anilines is 1.